The van der Waals surface area contributed by atoms with Gasteiger partial charge in [-0.2, -0.15) is 0 Å². The summed E-state index contributed by atoms with van der Waals surface area (Å²) in [6.45, 7) is 8.08. The van der Waals surface area contributed by atoms with Crippen LogP contribution in [0.3, 0.4) is 0 Å². The van der Waals surface area contributed by atoms with Crippen LogP contribution < -0.4 is 10.6 Å². The van der Waals surface area contributed by atoms with Crippen LogP contribution in [0, 0.1) is 12.7 Å². The molecule has 5 heteroatoms. The summed E-state index contributed by atoms with van der Waals surface area (Å²) < 4.78 is 18.2. The first-order valence-corrected chi connectivity index (χ1v) is 7.22. The minimum Gasteiger partial charge on any atom is -0.444 e. The summed E-state index contributed by atoms with van der Waals surface area (Å²) in [6.07, 6.45) is 0.509. The van der Waals surface area contributed by atoms with E-state index in [4.69, 9.17) is 4.74 Å². The summed E-state index contributed by atoms with van der Waals surface area (Å²) >= 11 is 0. The molecule has 0 heterocycles. The molecule has 116 valence electrons. The molecular weight excluding hydrogens is 271 g/mol. The van der Waals surface area contributed by atoms with E-state index in [1.165, 1.54) is 12.1 Å². The number of carbonyl (C=O) groups is 1. The minimum absolute atomic E-state index is 0.112. The van der Waals surface area contributed by atoms with Gasteiger partial charge < -0.3 is 15.4 Å². The molecule has 2 rings (SSSR count). The van der Waals surface area contributed by atoms with Gasteiger partial charge >= 0.3 is 6.09 Å². The lowest BCUT2D eigenvalue weighted by Crippen LogP contribution is -2.36. The molecule has 2 unspecified atom stereocenters. The third-order valence-electron chi connectivity index (χ3n) is 3.35. The molecule has 1 saturated carbocycles. The number of nitrogens with one attached hydrogen (secondary N) is 2. The van der Waals surface area contributed by atoms with E-state index in [1.54, 1.807) is 6.07 Å². The molecule has 1 aliphatic rings. The van der Waals surface area contributed by atoms with Crippen molar-refractivity contribution in [2.75, 3.05) is 0 Å². The van der Waals surface area contributed by atoms with Crippen LogP contribution in [0.15, 0.2) is 18.2 Å². The highest BCUT2D eigenvalue weighted by molar-refractivity contribution is 5.68. The predicted molar refractivity (Wildman–Crippen MR) is 79.5 cm³/mol. The van der Waals surface area contributed by atoms with E-state index >= 15 is 0 Å². The number of amides is 1. The summed E-state index contributed by atoms with van der Waals surface area (Å²) in [5.41, 5.74) is 1.52. The van der Waals surface area contributed by atoms with Crippen LogP contribution in [0.4, 0.5) is 9.18 Å². The highest BCUT2D eigenvalue weighted by atomic mass is 19.1. The van der Waals surface area contributed by atoms with Crippen molar-refractivity contribution in [3.8, 4) is 0 Å². The highest BCUT2D eigenvalue weighted by Crippen LogP contribution is 2.23. The van der Waals surface area contributed by atoms with E-state index in [0.717, 1.165) is 17.5 Å². The van der Waals surface area contributed by atoms with E-state index in [1.807, 2.05) is 27.7 Å². The Bertz CT molecular complexity index is 525. The van der Waals surface area contributed by atoms with Crippen LogP contribution >= 0.6 is 0 Å². The zero-order chi connectivity index (χ0) is 15.6. The molecule has 0 saturated heterocycles. The Balaban J connectivity index is 1.74. The van der Waals surface area contributed by atoms with E-state index < -0.39 is 5.60 Å². The number of hydrogen-bond donors (Lipinski definition) is 2. The zero-order valence-electron chi connectivity index (χ0n) is 13.0. The number of carbonyl (C=O) groups excluding carboxylic acids is 1. The number of aryl methyl sites for hydroxylation is 1. The van der Waals surface area contributed by atoms with Gasteiger partial charge in [0.25, 0.3) is 0 Å². The number of benzene rings is 1. The van der Waals surface area contributed by atoms with Gasteiger partial charge in [0.15, 0.2) is 0 Å². The third-order valence-corrected chi connectivity index (χ3v) is 3.35. The lowest BCUT2D eigenvalue weighted by Gasteiger charge is -2.19. The number of alkyl carbamates (subject to hydrolysis) is 1. The first kappa shape index (κ1) is 15.8. The average molecular weight is 294 g/mol. The van der Waals surface area contributed by atoms with Crippen molar-refractivity contribution in [1.82, 2.24) is 10.6 Å². The molecule has 2 atom stereocenters. The maximum Gasteiger partial charge on any atom is 0.407 e. The fourth-order valence-electron chi connectivity index (χ4n) is 2.14. The van der Waals surface area contributed by atoms with E-state index in [9.17, 15) is 9.18 Å². The molecule has 1 aromatic carbocycles. The molecule has 1 fully saturated rings. The molecular formula is C16H23FN2O2. The van der Waals surface area contributed by atoms with Gasteiger partial charge in [0.2, 0.25) is 0 Å². The second kappa shape index (κ2) is 6.02. The lowest BCUT2D eigenvalue weighted by atomic mass is 10.1. The summed E-state index contributed by atoms with van der Waals surface area (Å²) in [4.78, 5) is 11.6. The van der Waals surface area contributed by atoms with Gasteiger partial charge in [-0.25, -0.2) is 9.18 Å². The standard InChI is InChI=1S/C16H23FN2O2/c1-10-7-12(17)6-5-11(10)9-18-13-8-14(13)19-15(20)21-16(2,3)4/h5-7,13-14,18H,8-9H2,1-4H3,(H,19,20). The van der Waals surface area contributed by atoms with Crippen molar-refractivity contribution < 1.29 is 13.9 Å². The largest absolute Gasteiger partial charge is 0.444 e. The molecule has 21 heavy (non-hydrogen) atoms. The highest BCUT2D eigenvalue weighted by Gasteiger charge is 2.38. The van der Waals surface area contributed by atoms with Crippen molar-refractivity contribution in [1.29, 1.82) is 0 Å². The Kier molecular flexibility index (Phi) is 4.52. The smallest absolute Gasteiger partial charge is 0.407 e. The second-order valence-corrected chi connectivity index (χ2v) is 6.55. The molecule has 0 radical (unpaired) electrons. The van der Waals surface area contributed by atoms with Crippen LogP contribution in [-0.2, 0) is 11.3 Å². The Labute approximate surface area is 125 Å². The maximum atomic E-state index is 13.0. The number of rotatable bonds is 4. The quantitative estimate of drug-likeness (QED) is 0.897. The normalized spacial score (nSPS) is 21.0. The van der Waals surface area contributed by atoms with Gasteiger partial charge in [-0.05, 0) is 57.4 Å². The van der Waals surface area contributed by atoms with Crippen LogP contribution in [0.1, 0.15) is 38.3 Å². The van der Waals surface area contributed by atoms with Gasteiger partial charge in [-0.15, -0.1) is 0 Å². The molecule has 4 nitrogen and oxygen atoms in total. The van der Waals surface area contributed by atoms with Crippen molar-refractivity contribution in [2.24, 2.45) is 0 Å². The SMILES string of the molecule is Cc1cc(F)ccc1CNC1CC1NC(=O)OC(C)(C)C. The van der Waals surface area contributed by atoms with E-state index in [0.29, 0.717) is 6.54 Å². The van der Waals surface area contributed by atoms with Gasteiger partial charge in [0.05, 0.1) is 0 Å². The van der Waals surface area contributed by atoms with Crippen LogP contribution in [0.2, 0.25) is 0 Å². The van der Waals surface area contributed by atoms with Crippen molar-refractivity contribution >= 4 is 6.09 Å². The third kappa shape index (κ3) is 5.01. The fraction of sp³-hybridized carbons (Fsp3) is 0.562. The topological polar surface area (TPSA) is 50.4 Å². The molecule has 1 aromatic rings. The zero-order valence-corrected chi connectivity index (χ0v) is 13.0. The Morgan fingerprint density at radius 3 is 2.71 bits per heavy atom. The van der Waals surface area contributed by atoms with Gasteiger partial charge in [0, 0.05) is 18.6 Å². The van der Waals surface area contributed by atoms with Gasteiger partial charge in [-0.1, -0.05) is 6.07 Å². The summed E-state index contributed by atoms with van der Waals surface area (Å²) in [5, 5.41) is 6.20. The summed E-state index contributed by atoms with van der Waals surface area (Å²) in [6, 6.07) is 5.15. The Morgan fingerprint density at radius 1 is 1.38 bits per heavy atom. The molecule has 0 aromatic heterocycles. The van der Waals surface area contributed by atoms with Gasteiger partial charge in [-0.3, -0.25) is 0 Å². The average Bonchev–Trinajstić information content (AvgIpc) is 3.03. The molecule has 1 aliphatic carbocycles. The minimum atomic E-state index is -0.479. The first-order valence-electron chi connectivity index (χ1n) is 7.22. The predicted octanol–water partition coefficient (Wildman–Crippen LogP) is 2.89. The lowest BCUT2D eigenvalue weighted by molar-refractivity contribution is 0.0522. The fourth-order valence-corrected chi connectivity index (χ4v) is 2.14. The van der Waals surface area contributed by atoms with Crippen LogP contribution in [0.5, 0.6) is 0 Å². The van der Waals surface area contributed by atoms with Crippen molar-refractivity contribution in [3.05, 3.63) is 35.1 Å². The monoisotopic (exact) mass is 294 g/mol. The second-order valence-electron chi connectivity index (χ2n) is 6.55. The molecule has 0 aliphatic heterocycles. The molecule has 0 bridgehead atoms. The number of halogens is 1. The summed E-state index contributed by atoms with van der Waals surface area (Å²) in [5.74, 6) is -0.216. The van der Waals surface area contributed by atoms with Crippen molar-refractivity contribution in [2.45, 2.75) is 58.3 Å². The summed E-state index contributed by atoms with van der Waals surface area (Å²) in [7, 11) is 0. The molecule has 1 amide bonds. The van der Waals surface area contributed by atoms with Crippen molar-refractivity contribution in [3.63, 3.8) is 0 Å². The number of hydrogen-bond acceptors (Lipinski definition) is 3. The van der Waals surface area contributed by atoms with E-state index in [2.05, 4.69) is 10.6 Å². The van der Waals surface area contributed by atoms with Crippen LogP contribution in [0.25, 0.3) is 0 Å². The number of ether oxygens (including phenoxy) is 1. The first-order chi connectivity index (χ1) is 9.74. The molecule has 2 N–H and O–H groups in total. The Morgan fingerprint density at radius 2 is 2.10 bits per heavy atom. The van der Waals surface area contributed by atoms with Gasteiger partial charge in [0.1, 0.15) is 11.4 Å². The molecule has 0 spiro atoms. The Hall–Kier alpha value is -1.62. The van der Waals surface area contributed by atoms with Crippen LogP contribution in [-0.4, -0.2) is 23.8 Å². The van der Waals surface area contributed by atoms with E-state index in [-0.39, 0.29) is 24.0 Å². The maximum absolute atomic E-state index is 13.0.